The largest absolute Gasteiger partial charge is 0.156 e. The van der Waals surface area contributed by atoms with Crippen molar-refractivity contribution in [1.29, 1.82) is 0 Å². The maximum Gasteiger partial charge on any atom is 0.0392 e. The van der Waals surface area contributed by atoms with Crippen molar-refractivity contribution in [3.05, 3.63) is 35.4 Å². The second kappa shape index (κ2) is 8.68. The molecule has 0 atom stereocenters. The van der Waals surface area contributed by atoms with Gasteiger partial charge in [-0.2, -0.15) is 47.0 Å². The van der Waals surface area contributed by atoms with Gasteiger partial charge in [0.05, 0.1) is 0 Å². The van der Waals surface area contributed by atoms with E-state index in [1.807, 2.05) is 0 Å². The van der Waals surface area contributed by atoms with Crippen molar-refractivity contribution in [2.75, 3.05) is 28.1 Å². The van der Waals surface area contributed by atoms with Crippen LogP contribution in [0.15, 0.2) is 24.3 Å². The summed E-state index contributed by atoms with van der Waals surface area (Å²) < 4.78 is 0. The molecular formula is C13H18S4. The average molecular weight is 303 g/mol. The van der Waals surface area contributed by atoms with Crippen LogP contribution in [0.2, 0.25) is 0 Å². The van der Waals surface area contributed by atoms with Gasteiger partial charge in [-0.05, 0) is 11.1 Å². The quantitative estimate of drug-likeness (QED) is 0.687. The maximum atomic E-state index is 2.38. The third-order valence-electron chi connectivity index (χ3n) is 2.44. The highest BCUT2D eigenvalue weighted by Gasteiger charge is 2.00. The maximum absolute atomic E-state index is 2.38. The van der Waals surface area contributed by atoms with Gasteiger partial charge in [0, 0.05) is 39.6 Å². The second-order valence-corrected chi connectivity index (χ2v) is 8.65. The highest BCUT2D eigenvalue weighted by molar-refractivity contribution is 8.16. The van der Waals surface area contributed by atoms with Crippen molar-refractivity contribution in [2.45, 2.75) is 11.5 Å². The Morgan fingerprint density at radius 1 is 0.706 bits per heavy atom. The molecule has 2 bridgehead atoms. The summed E-state index contributed by atoms with van der Waals surface area (Å²) in [6.45, 7) is 0. The van der Waals surface area contributed by atoms with E-state index in [0.717, 1.165) is 0 Å². The first-order valence-corrected chi connectivity index (χ1v) is 10.5. The van der Waals surface area contributed by atoms with Gasteiger partial charge in [-0.3, -0.25) is 0 Å². The molecule has 1 aromatic carbocycles. The summed E-state index contributed by atoms with van der Waals surface area (Å²) in [5, 5.41) is 1.27. The Morgan fingerprint density at radius 3 is 1.82 bits per heavy atom. The van der Waals surface area contributed by atoms with E-state index in [1.54, 1.807) is 0 Å². The first-order valence-electron chi connectivity index (χ1n) is 5.84. The molecule has 0 saturated heterocycles. The van der Waals surface area contributed by atoms with Crippen LogP contribution < -0.4 is 0 Å². The molecule has 0 spiro atoms. The topological polar surface area (TPSA) is 0 Å². The van der Waals surface area contributed by atoms with Crippen LogP contribution in [-0.4, -0.2) is 28.1 Å². The van der Waals surface area contributed by atoms with Crippen LogP contribution in [0, 0.1) is 0 Å². The molecule has 4 heteroatoms. The molecule has 1 aliphatic heterocycles. The fourth-order valence-electron chi connectivity index (χ4n) is 1.60. The zero-order valence-corrected chi connectivity index (χ0v) is 13.2. The molecule has 1 heterocycles. The first kappa shape index (κ1) is 14.0. The lowest BCUT2D eigenvalue weighted by molar-refractivity contribution is 1.32. The highest BCUT2D eigenvalue weighted by atomic mass is 32.2. The summed E-state index contributed by atoms with van der Waals surface area (Å²) in [5.74, 6) is 7.50. The van der Waals surface area contributed by atoms with Crippen molar-refractivity contribution in [1.82, 2.24) is 0 Å². The van der Waals surface area contributed by atoms with Crippen LogP contribution >= 0.6 is 47.0 Å². The lowest BCUT2D eigenvalue weighted by Crippen LogP contribution is -1.92. The molecule has 0 N–H and O–H groups in total. The fraction of sp³-hybridized carbons (Fsp3) is 0.538. The lowest BCUT2D eigenvalue weighted by Gasteiger charge is -2.07. The van der Waals surface area contributed by atoms with Gasteiger partial charge in [-0.15, -0.1) is 0 Å². The van der Waals surface area contributed by atoms with Crippen LogP contribution in [0.4, 0.5) is 0 Å². The minimum atomic E-state index is 1.17. The van der Waals surface area contributed by atoms with E-state index in [2.05, 4.69) is 71.3 Å². The number of rotatable bonds is 0. The molecule has 94 valence electrons. The number of hydrogen-bond acceptors (Lipinski definition) is 4. The zero-order valence-electron chi connectivity index (χ0n) is 9.89. The predicted octanol–water partition coefficient (Wildman–Crippen LogP) is 4.59. The smallest absolute Gasteiger partial charge is 0.0392 e. The number of thioether (sulfide) groups is 4. The summed E-state index contributed by atoms with van der Waals surface area (Å²) >= 11 is 8.30. The molecule has 2 rings (SSSR count). The summed E-state index contributed by atoms with van der Waals surface area (Å²) in [7, 11) is 0. The normalized spacial score (nSPS) is 19.5. The molecule has 1 aliphatic rings. The third kappa shape index (κ3) is 5.86. The summed E-state index contributed by atoms with van der Waals surface area (Å²) in [6, 6.07) is 9.11. The Kier molecular flexibility index (Phi) is 7.16. The van der Waals surface area contributed by atoms with Crippen LogP contribution in [0.25, 0.3) is 0 Å². The Morgan fingerprint density at radius 2 is 1.24 bits per heavy atom. The van der Waals surface area contributed by atoms with Crippen molar-refractivity contribution in [3.8, 4) is 0 Å². The minimum Gasteiger partial charge on any atom is -0.156 e. The highest BCUT2D eigenvalue weighted by Crippen LogP contribution is 2.21. The van der Waals surface area contributed by atoms with Gasteiger partial charge in [-0.25, -0.2) is 0 Å². The molecule has 0 aromatic heterocycles. The molecular weight excluding hydrogens is 284 g/mol. The Bertz CT molecular complexity index is 300. The van der Waals surface area contributed by atoms with E-state index in [0.29, 0.717) is 0 Å². The number of benzene rings is 1. The van der Waals surface area contributed by atoms with E-state index in [9.17, 15) is 0 Å². The minimum absolute atomic E-state index is 1.17. The van der Waals surface area contributed by atoms with Crippen LogP contribution in [0.3, 0.4) is 0 Å². The van der Waals surface area contributed by atoms with Crippen molar-refractivity contribution < 1.29 is 0 Å². The van der Waals surface area contributed by atoms with Crippen molar-refractivity contribution >= 4 is 47.0 Å². The molecule has 0 fully saturated rings. The molecule has 17 heavy (non-hydrogen) atoms. The zero-order chi connectivity index (χ0) is 11.8. The summed E-state index contributed by atoms with van der Waals surface area (Å²) in [6.07, 6.45) is 0. The van der Waals surface area contributed by atoms with E-state index >= 15 is 0 Å². The van der Waals surface area contributed by atoms with Gasteiger partial charge < -0.3 is 0 Å². The summed E-state index contributed by atoms with van der Waals surface area (Å²) in [4.78, 5) is 0. The average Bonchev–Trinajstić information content (AvgIpc) is 2.36. The van der Waals surface area contributed by atoms with E-state index in [4.69, 9.17) is 0 Å². The molecule has 0 radical (unpaired) electrons. The van der Waals surface area contributed by atoms with Crippen LogP contribution in [0.5, 0.6) is 0 Å². The van der Waals surface area contributed by atoms with E-state index in [-0.39, 0.29) is 0 Å². The molecule has 1 aromatic rings. The fourth-order valence-corrected chi connectivity index (χ4v) is 6.02. The van der Waals surface area contributed by atoms with Gasteiger partial charge in [0.1, 0.15) is 0 Å². The molecule has 0 unspecified atom stereocenters. The van der Waals surface area contributed by atoms with Crippen LogP contribution in [0.1, 0.15) is 11.1 Å². The Hall–Kier alpha value is 0.620. The van der Waals surface area contributed by atoms with Gasteiger partial charge in [0.15, 0.2) is 0 Å². The summed E-state index contributed by atoms with van der Waals surface area (Å²) in [5.41, 5.74) is 2.98. The molecule has 0 saturated carbocycles. The molecule has 0 amide bonds. The Balaban J connectivity index is 1.91. The van der Waals surface area contributed by atoms with Crippen LogP contribution in [-0.2, 0) is 11.5 Å². The van der Waals surface area contributed by atoms with Crippen molar-refractivity contribution in [3.63, 3.8) is 0 Å². The second-order valence-electron chi connectivity index (χ2n) is 3.86. The predicted molar refractivity (Wildman–Crippen MR) is 88.5 cm³/mol. The molecule has 0 nitrogen and oxygen atoms in total. The lowest BCUT2D eigenvalue weighted by atomic mass is 10.2. The van der Waals surface area contributed by atoms with Gasteiger partial charge in [-0.1, -0.05) is 24.3 Å². The van der Waals surface area contributed by atoms with Gasteiger partial charge in [0.25, 0.3) is 0 Å². The number of hydrogen-bond donors (Lipinski definition) is 0. The van der Waals surface area contributed by atoms with Gasteiger partial charge >= 0.3 is 0 Å². The first-order chi connectivity index (χ1) is 8.45. The standard InChI is InChI=1S/C13H18S4/c1-2-12-8-13(3-1)10-15-5-7-17-11-16-6-4-14-9-12/h1-3,8H,4-7,9-11H2. The van der Waals surface area contributed by atoms with E-state index < -0.39 is 0 Å². The van der Waals surface area contributed by atoms with Gasteiger partial charge in [0.2, 0.25) is 0 Å². The van der Waals surface area contributed by atoms with E-state index in [1.165, 1.54) is 50.7 Å². The van der Waals surface area contributed by atoms with Crippen molar-refractivity contribution in [2.24, 2.45) is 0 Å². The Labute approximate surface area is 121 Å². The molecule has 0 aliphatic carbocycles. The monoisotopic (exact) mass is 302 g/mol. The SMILES string of the molecule is c1cc2cc(c1)CSCCSCSCCSC2. The number of fused-ring (bicyclic) bond motifs is 2. The third-order valence-corrected chi connectivity index (χ3v) is 7.34.